The molecule has 0 aliphatic rings. The first-order chi connectivity index (χ1) is 30.0. The lowest BCUT2D eigenvalue weighted by Crippen LogP contribution is -2.25. The van der Waals surface area contributed by atoms with Gasteiger partial charge in [0.15, 0.2) is 0 Å². The van der Waals surface area contributed by atoms with Gasteiger partial charge >= 0.3 is 17.9 Å². The molecule has 380 valence electrons. The summed E-state index contributed by atoms with van der Waals surface area (Å²) in [4.78, 5) is 32.3. The first-order valence-electron chi connectivity index (χ1n) is 23.2. The number of aliphatic hydroxyl groups excluding tert-OH is 3. The van der Waals surface area contributed by atoms with Crippen LogP contribution in [0.5, 0.6) is 17.2 Å². The lowest BCUT2D eigenvalue weighted by molar-refractivity contribution is -0.138. The molecule has 0 spiro atoms. The van der Waals surface area contributed by atoms with E-state index >= 15 is 0 Å². The van der Waals surface area contributed by atoms with Crippen molar-refractivity contribution >= 4 is 17.9 Å². The second-order valence-corrected chi connectivity index (χ2v) is 23.8. The first-order valence-corrected chi connectivity index (χ1v) is 23.2. The maximum absolute atomic E-state index is 10.8. The van der Waals surface area contributed by atoms with E-state index < -0.39 is 30.1 Å². The molecule has 67 heavy (non-hydrogen) atoms. The molecular formula is C55H88O12. The van der Waals surface area contributed by atoms with Crippen LogP contribution in [0.25, 0.3) is 0 Å². The van der Waals surface area contributed by atoms with E-state index in [2.05, 4.69) is 125 Å². The summed E-state index contributed by atoms with van der Waals surface area (Å²) in [5.41, 5.74) is 7.13. The van der Waals surface area contributed by atoms with Gasteiger partial charge in [0.25, 0.3) is 0 Å². The minimum Gasteiger partial charge on any atom is -0.507 e. The molecule has 2 unspecified atom stereocenters. The molecule has 12 heteroatoms. The molecule has 3 aromatic rings. The summed E-state index contributed by atoms with van der Waals surface area (Å²) < 4.78 is 0. The third-order valence-electron chi connectivity index (χ3n) is 11.0. The van der Waals surface area contributed by atoms with Gasteiger partial charge in [0.2, 0.25) is 0 Å². The fourth-order valence-electron chi connectivity index (χ4n) is 6.85. The number of rotatable bonds is 11. The zero-order valence-electron chi connectivity index (χ0n) is 44.3. The number of aliphatic hydroxyl groups is 3. The molecule has 0 heterocycles. The van der Waals surface area contributed by atoms with Crippen molar-refractivity contribution in [3.8, 4) is 17.2 Å². The fourth-order valence-corrected chi connectivity index (χ4v) is 6.85. The van der Waals surface area contributed by atoms with Crippen molar-refractivity contribution in [3.63, 3.8) is 0 Å². The number of hydrogen-bond acceptors (Lipinski definition) is 9. The van der Waals surface area contributed by atoms with E-state index in [0.29, 0.717) is 36.5 Å². The van der Waals surface area contributed by atoms with Crippen LogP contribution in [0.1, 0.15) is 201 Å². The molecule has 0 bridgehead atoms. The number of carboxylic acid groups (broad SMARTS) is 3. The highest BCUT2D eigenvalue weighted by molar-refractivity contribution is 5.68. The minimum atomic E-state index is -0.986. The van der Waals surface area contributed by atoms with Crippen molar-refractivity contribution < 1.29 is 60.3 Å². The Labute approximate surface area is 402 Å². The number of aromatic hydroxyl groups is 3. The van der Waals surface area contributed by atoms with Gasteiger partial charge in [-0.25, -0.2) is 0 Å². The third kappa shape index (κ3) is 21.5. The maximum atomic E-state index is 10.8. The molecule has 0 fully saturated rings. The Hall–Kier alpha value is -4.65. The van der Waals surface area contributed by atoms with Gasteiger partial charge in [-0.05, 0) is 109 Å². The van der Waals surface area contributed by atoms with Crippen molar-refractivity contribution in [1.29, 1.82) is 0 Å². The van der Waals surface area contributed by atoms with Crippen molar-refractivity contribution in [2.45, 2.75) is 215 Å². The highest BCUT2D eigenvalue weighted by Gasteiger charge is 2.29. The molecule has 3 aromatic carbocycles. The molecule has 12 nitrogen and oxygen atoms in total. The van der Waals surface area contributed by atoms with Crippen molar-refractivity contribution in [1.82, 2.24) is 0 Å². The number of carboxylic acids is 3. The van der Waals surface area contributed by atoms with E-state index in [4.69, 9.17) is 30.6 Å². The quantitative estimate of drug-likeness (QED) is 0.0874. The smallest absolute Gasteiger partial charge is 0.303 e. The number of hydrogen-bond donors (Lipinski definition) is 9. The molecule has 2 atom stereocenters. The van der Waals surface area contributed by atoms with E-state index in [1.54, 1.807) is 0 Å². The van der Waals surface area contributed by atoms with Gasteiger partial charge in [0.05, 0.1) is 12.7 Å². The van der Waals surface area contributed by atoms with Gasteiger partial charge in [0.1, 0.15) is 23.4 Å². The van der Waals surface area contributed by atoms with Crippen LogP contribution < -0.4 is 0 Å². The second-order valence-electron chi connectivity index (χ2n) is 23.8. The van der Waals surface area contributed by atoms with Crippen LogP contribution in [0.15, 0.2) is 36.4 Å². The summed E-state index contributed by atoms with van der Waals surface area (Å²) in [6, 6.07) is 11.6. The van der Waals surface area contributed by atoms with Crippen LogP contribution >= 0.6 is 0 Å². The molecule has 0 aromatic heterocycles. The summed E-state index contributed by atoms with van der Waals surface area (Å²) in [7, 11) is 0. The molecule has 0 saturated carbocycles. The highest BCUT2D eigenvalue weighted by atomic mass is 16.4. The first kappa shape index (κ1) is 62.4. The third-order valence-corrected chi connectivity index (χ3v) is 11.0. The summed E-state index contributed by atoms with van der Waals surface area (Å²) in [5, 5.41) is 83.1. The standard InChI is InChI=1S/3C17H26O3.C4H10O3/c3*1-16(2,3)12-9-11(7-8-14(18)19)10-13(15(12)20)17(4,5)6;1-3(6)4(7)2-5/h3*9-10,20H,7-8H2,1-6H3,(H,18,19);3-7H,2H2,1H3. The molecule has 3 rings (SSSR count). The average Bonchev–Trinajstić information content (AvgIpc) is 3.14. The predicted octanol–water partition coefficient (Wildman–Crippen LogP) is 10.7. The number of phenols is 3. The molecule has 0 aliphatic carbocycles. The Balaban J connectivity index is 0.000000909. The van der Waals surface area contributed by atoms with Gasteiger partial charge < -0.3 is 46.0 Å². The normalized spacial score (nSPS) is 13.2. The summed E-state index contributed by atoms with van der Waals surface area (Å²) >= 11 is 0. The van der Waals surface area contributed by atoms with Crippen molar-refractivity contribution in [2.24, 2.45) is 0 Å². The Morgan fingerprint density at radius 1 is 0.403 bits per heavy atom. The largest absolute Gasteiger partial charge is 0.507 e. The number of carbonyl (C=O) groups is 3. The van der Waals surface area contributed by atoms with Gasteiger partial charge in [-0.3, -0.25) is 14.4 Å². The molecule has 0 aliphatic heterocycles. The van der Waals surface area contributed by atoms with E-state index in [9.17, 15) is 29.7 Å². The van der Waals surface area contributed by atoms with Crippen molar-refractivity contribution in [3.05, 3.63) is 86.5 Å². The zero-order valence-corrected chi connectivity index (χ0v) is 44.3. The lowest BCUT2D eigenvalue weighted by Gasteiger charge is -2.28. The zero-order chi connectivity index (χ0) is 53.0. The van der Waals surface area contributed by atoms with E-state index in [1.807, 2.05) is 36.4 Å². The Morgan fingerprint density at radius 3 is 0.657 bits per heavy atom. The molecule has 0 radical (unpaired) electrons. The molecular weight excluding hydrogens is 853 g/mol. The Kier molecular flexibility index (Phi) is 22.9. The molecule has 9 N–H and O–H groups in total. The number of aliphatic carboxylic acids is 3. The van der Waals surface area contributed by atoms with Crippen LogP contribution in [-0.2, 0) is 66.1 Å². The predicted molar refractivity (Wildman–Crippen MR) is 269 cm³/mol. The maximum Gasteiger partial charge on any atom is 0.303 e. The van der Waals surface area contributed by atoms with E-state index in [0.717, 1.165) is 50.1 Å². The summed E-state index contributed by atoms with van der Waals surface area (Å²) in [5.74, 6) is -1.38. The average molecular weight is 941 g/mol. The SMILES string of the molecule is CC(C)(C)c1cc(CCC(=O)O)cc(C(C)(C)C)c1O.CC(C)(C)c1cc(CCC(=O)O)cc(C(C)(C)C)c1O.CC(C)(C)c1cc(CCC(=O)O)cc(C(C)(C)C)c1O.CC(O)C(O)CO. The number of aryl methyl sites for hydroxylation is 3. The van der Waals surface area contributed by atoms with Crippen LogP contribution in [0.3, 0.4) is 0 Å². The lowest BCUT2D eigenvalue weighted by atomic mass is 9.78. The molecule has 0 amide bonds. The van der Waals surface area contributed by atoms with Gasteiger partial charge in [-0.15, -0.1) is 0 Å². The molecule has 0 saturated heterocycles. The summed E-state index contributed by atoms with van der Waals surface area (Å²) in [6.45, 7) is 38.0. The van der Waals surface area contributed by atoms with Gasteiger partial charge in [-0.2, -0.15) is 0 Å². The van der Waals surface area contributed by atoms with Crippen LogP contribution in [0.2, 0.25) is 0 Å². The second kappa shape index (κ2) is 24.6. The van der Waals surface area contributed by atoms with Gasteiger partial charge in [-0.1, -0.05) is 161 Å². The summed E-state index contributed by atoms with van der Waals surface area (Å²) in [6.07, 6.45) is -0.0240. The van der Waals surface area contributed by atoms with Gasteiger partial charge in [0, 0.05) is 19.3 Å². The van der Waals surface area contributed by atoms with E-state index in [-0.39, 0.29) is 58.4 Å². The van der Waals surface area contributed by atoms with Crippen LogP contribution in [0.4, 0.5) is 0 Å². The number of phenolic OH excluding ortho intramolecular Hbond substituents is 3. The van der Waals surface area contributed by atoms with E-state index in [1.165, 1.54) is 6.92 Å². The van der Waals surface area contributed by atoms with Crippen LogP contribution in [0, 0.1) is 0 Å². The topological polar surface area (TPSA) is 233 Å². The van der Waals surface area contributed by atoms with Crippen LogP contribution in [-0.4, -0.2) is 82.7 Å². The fraction of sp³-hybridized carbons (Fsp3) is 0.618. The van der Waals surface area contributed by atoms with Crippen molar-refractivity contribution in [2.75, 3.05) is 6.61 Å². The Bertz CT molecular complexity index is 1760. The highest BCUT2D eigenvalue weighted by Crippen LogP contribution is 2.42. The number of benzene rings is 3. The Morgan fingerprint density at radius 2 is 0.567 bits per heavy atom. The monoisotopic (exact) mass is 941 g/mol. The minimum absolute atomic E-state index is 0.109.